The van der Waals surface area contributed by atoms with Crippen LogP contribution in [0.4, 0.5) is 10.1 Å². The Labute approximate surface area is 194 Å². The van der Waals surface area contributed by atoms with Gasteiger partial charge in [0.25, 0.3) is 5.69 Å². The lowest BCUT2D eigenvalue weighted by Gasteiger charge is -2.19. The van der Waals surface area contributed by atoms with E-state index >= 15 is 0 Å². The predicted octanol–water partition coefficient (Wildman–Crippen LogP) is 3.92. The van der Waals surface area contributed by atoms with Gasteiger partial charge in [-0.3, -0.25) is 19.7 Å². The fraction of sp³-hybridized carbons (Fsp3) is 0.304. The Hall–Kier alpha value is -4.15. The summed E-state index contributed by atoms with van der Waals surface area (Å²) in [6.45, 7) is 3.36. The summed E-state index contributed by atoms with van der Waals surface area (Å²) < 4.78 is 23.4. The molecular weight excluding hydrogens is 447 g/mol. The maximum absolute atomic E-state index is 13.1. The molecule has 10 nitrogen and oxygen atoms in total. The number of benzene rings is 2. The van der Waals surface area contributed by atoms with Crippen LogP contribution in [0.1, 0.15) is 44.2 Å². The average Bonchev–Trinajstić information content (AvgIpc) is 3.26. The maximum Gasteiger partial charge on any atom is 0.308 e. The number of aryl methyl sites for hydroxylation is 1. The molecule has 178 valence electrons. The standard InChI is InChI=1S/C23H23FN4O6/c1-14(2)33-22(30)13-18(17-5-3-4-6-19(17)28(31)32)25-20(29)11-12-21-26-23(27-34-21)15-7-9-16(24)10-8-15/h3-10,14,18H,11-13H2,1-2H3,(H,25,29). The summed E-state index contributed by atoms with van der Waals surface area (Å²) in [6.07, 6.45) is -0.617. The minimum Gasteiger partial charge on any atom is -0.463 e. The third kappa shape index (κ3) is 6.67. The highest BCUT2D eigenvalue weighted by atomic mass is 19.1. The molecule has 1 heterocycles. The van der Waals surface area contributed by atoms with Crippen molar-refractivity contribution >= 4 is 17.6 Å². The quantitative estimate of drug-likeness (QED) is 0.267. The molecule has 1 unspecified atom stereocenters. The second kappa shape index (κ2) is 11.1. The van der Waals surface area contributed by atoms with Crippen LogP contribution in [0.3, 0.4) is 0 Å². The summed E-state index contributed by atoms with van der Waals surface area (Å²) in [5.41, 5.74) is 0.532. The Morgan fingerprint density at radius 2 is 1.88 bits per heavy atom. The van der Waals surface area contributed by atoms with Crippen molar-refractivity contribution in [2.45, 2.75) is 45.3 Å². The van der Waals surface area contributed by atoms with Gasteiger partial charge in [0.05, 0.1) is 29.1 Å². The number of ether oxygens (including phenoxy) is 1. The number of amides is 1. The summed E-state index contributed by atoms with van der Waals surface area (Å²) in [4.78, 5) is 39.9. The Balaban J connectivity index is 1.69. The highest BCUT2D eigenvalue weighted by Gasteiger charge is 2.26. The predicted molar refractivity (Wildman–Crippen MR) is 118 cm³/mol. The molecule has 1 N–H and O–H groups in total. The van der Waals surface area contributed by atoms with E-state index in [1.807, 2.05) is 0 Å². The number of rotatable bonds is 10. The van der Waals surface area contributed by atoms with E-state index < -0.39 is 28.7 Å². The number of aromatic nitrogens is 2. The van der Waals surface area contributed by atoms with Gasteiger partial charge in [-0.2, -0.15) is 4.98 Å². The monoisotopic (exact) mass is 470 g/mol. The molecular formula is C23H23FN4O6. The molecule has 0 fully saturated rings. The fourth-order valence-corrected chi connectivity index (χ4v) is 3.22. The Morgan fingerprint density at radius 3 is 2.56 bits per heavy atom. The van der Waals surface area contributed by atoms with E-state index in [0.29, 0.717) is 5.56 Å². The minimum atomic E-state index is -0.960. The fourth-order valence-electron chi connectivity index (χ4n) is 3.22. The molecule has 0 aliphatic carbocycles. The van der Waals surface area contributed by atoms with Crippen molar-refractivity contribution in [3.63, 3.8) is 0 Å². The van der Waals surface area contributed by atoms with E-state index in [2.05, 4.69) is 15.5 Å². The molecule has 1 amide bonds. The molecule has 0 aliphatic rings. The van der Waals surface area contributed by atoms with E-state index in [4.69, 9.17) is 9.26 Å². The van der Waals surface area contributed by atoms with Crippen LogP contribution in [0, 0.1) is 15.9 Å². The van der Waals surface area contributed by atoms with Crippen molar-refractivity contribution in [3.05, 3.63) is 75.9 Å². The average molecular weight is 470 g/mol. The number of hydrogen-bond donors (Lipinski definition) is 1. The maximum atomic E-state index is 13.1. The van der Waals surface area contributed by atoms with Gasteiger partial charge in [0.15, 0.2) is 0 Å². The number of hydrogen-bond acceptors (Lipinski definition) is 8. The third-order valence-corrected chi connectivity index (χ3v) is 4.72. The lowest BCUT2D eigenvalue weighted by atomic mass is 10.0. The van der Waals surface area contributed by atoms with E-state index in [0.717, 1.165) is 0 Å². The number of halogens is 1. The van der Waals surface area contributed by atoms with Crippen molar-refractivity contribution in [1.82, 2.24) is 15.5 Å². The first-order chi connectivity index (χ1) is 16.2. The zero-order valence-corrected chi connectivity index (χ0v) is 18.6. The van der Waals surface area contributed by atoms with Crippen LogP contribution in [0.25, 0.3) is 11.4 Å². The molecule has 0 saturated carbocycles. The Kier molecular flexibility index (Phi) is 8.01. The third-order valence-electron chi connectivity index (χ3n) is 4.72. The van der Waals surface area contributed by atoms with Crippen LogP contribution in [-0.4, -0.2) is 33.0 Å². The van der Waals surface area contributed by atoms with Gasteiger partial charge in [-0.25, -0.2) is 4.39 Å². The largest absolute Gasteiger partial charge is 0.463 e. The molecule has 1 atom stereocenters. The second-order valence-corrected chi connectivity index (χ2v) is 7.70. The van der Waals surface area contributed by atoms with Gasteiger partial charge >= 0.3 is 5.97 Å². The van der Waals surface area contributed by atoms with Crippen molar-refractivity contribution in [3.8, 4) is 11.4 Å². The molecule has 0 spiro atoms. The van der Waals surface area contributed by atoms with Crippen molar-refractivity contribution in [2.75, 3.05) is 0 Å². The molecule has 0 saturated heterocycles. The number of carbonyl (C=O) groups is 2. The van der Waals surface area contributed by atoms with E-state index in [1.165, 1.54) is 42.5 Å². The lowest BCUT2D eigenvalue weighted by molar-refractivity contribution is -0.385. The van der Waals surface area contributed by atoms with Crippen LogP contribution in [0.2, 0.25) is 0 Å². The van der Waals surface area contributed by atoms with Crippen LogP contribution in [0.15, 0.2) is 53.1 Å². The highest BCUT2D eigenvalue weighted by molar-refractivity contribution is 5.78. The first kappa shape index (κ1) is 24.5. The summed E-state index contributed by atoms with van der Waals surface area (Å²) in [6, 6.07) is 10.5. The van der Waals surface area contributed by atoms with E-state index in [-0.39, 0.29) is 48.3 Å². The molecule has 3 aromatic rings. The van der Waals surface area contributed by atoms with Crippen LogP contribution < -0.4 is 5.32 Å². The molecule has 2 aromatic carbocycles. The summed E-state index contributed by atoms with van der Waals surface area (Å²) in [5.74, 6) is -1.02. The van der Waals surface area contributed by atoms with E-state index in [1.54, 1.807) is 19.9 Å². The van der Waals surface area contributed by atoms with Gasteiger partial charge in [0, 0.05) is 24.5 Å². The number of para-hydroxylation sites is 1. The second-order valence-electron chi connectivity index (χ2n) is 7.70. The summed E-state index contributed by atoms with van der Waals surface area (Å²) in [5, 5.41) is 17.9. The lowest BCUT2D eigenvalue weighted by Crippen LogP contribution is -2.31. The molecule has 1 aromatic heterocycles. The van der Waals surface area contributed by atoms with Gasteiger partial charge in [-0.05, 0) is 38.1 Å². The van der Waals surface area contributed by atoms with Gasteiger partial charge in [-0.15, -0.1) is 0 Å². The van der Waals surface area contributed by atoms with Gasteiger partial charge in [0.1, 0.15) is 5.82 Å². The van der Waals surface area contributed by atoms with Crippen LogP contribution in [0.5, 0.6) is 0 Å². The number of nitro groups is 1. The number of nitrogens with zero attached hydrogens (tertiary/aromatic N) is 3. The number of nitro benzene ring substituents is 1. The van der Waals surface area contributed by atoms with E-state index in [9.17, 15) is 24.1 Å². The van der Waals surface area contributed by atoms with Crippen LogP contribution >= 0.6 is 0 Å². The number of esters is 1. The minimum absolute atomic E-state index is 0.0680. The molecule has 11 heteroatoms. The van der Waals surface area contributed by atoms with Crippen molar-refractivity contribution in [1.29, 1.82) is 0 Å². The summed E-state index contributed by atoms with van der Waals surface area (Å²) >= 11 is 0. The van der Waals surface area contributed by atoms with Gasteiger partial charge in [0.2, 0.25) is 17.6 Å². The number of carbonyl (C=O) groups excluding carboxylic acids is 2. The Bertz CT molecular complexity index is 1160. The normalized spacial score (nSPS) is 11.8. The molecule has 0 radical (unpaired) electrons. The molecule has 3 rings (SSSR count). The first-order valence-electron chi connectivity index (χ1n) is 10.5. The SMILES string of the molecule is CC(C)OC(=O)CC(NC(=O)CCc1nc(-c2ccc(F)cc2)no1)c1ccccc1[N+](=O)[O-]. The van der Waals surface area contributed by atoms with Crippen molar-refractivity contribution < 1.29 is 28.2 Å². The Morgan fingerprint density at radius 1 is 1.18 bits per heavy atom. The topological polar surface area (TPSA) is 137 Å². The van der Waals surface area contributed by atoms with Gasteiger partial charge < -0.3 is 14.6 Å². The molecule has 34 heavy (non-hydrogen) atoms. The summed E-state index contributed by atoms with van der Waals surface area (Å²) in [7, 11) is 0. The highest BCUT2D eigenvalue weighted by Crippen LogP contribution is 2.28. The molecule has 0 aliphatic heterocycles. The molecule has 0 bridgehead atoms. The smallest absolute Gasteiger partial charge is 0.308 e. The first-order valence-corrected chi connectivity index (χ1v) is 10.5. The van der Waals surface area contributed by atoms with Gasteiger partial charge in [-0.1, -0.05) is 23.4 Å². The van der Waals surface area contributed by atoms with Crippen LogP contribution in [-0.2, 0) is 20.7 Å². The van der Waals surface area contributed by atoms with Crippen molar-refractivity contribution in [2.24, 2.45) is 0 Å². The number of nitrogens with one attached hydrogen (secondary N) is 1. The zero-order valence-electron chi connectivity index (χ0n) is 18.6. The zero-order chi connectivity index (χ0) is 24.7.